The third-order valence-electron chi connectivity index (χ3n) is 4.40. The molecule has 1 aliphatic carbocycles. The van der Waals surface area contributed by atoms with Crippen molar-refractivity contribution < 1.29 is 13.5 Å². The lowest BCUT2D eigenvalue weighted by Crippen LogP contribution is -2.32. The number of piperidine rings is 1. The van der Waals surface area contributed by atoms with E-state index in [0.29, 0.717) is 19.4 Å². The van der Waals surface area contributed by atoms with Crippen LogP contribution in [0.15, 0.2) is 0 Å². The van der Waals surface area contributed by atoms with E-state index in [1.54, 1.807) is 0 Å². The van der Waals surface area contributed by atoms with Crippen molar-refractivity contribution in [1.82, 2.24) is 5.32 Å². The molecule has 0 amide bonds. The molecule has 0 aromatic carbocycles. The summed E-state index contributed by atoms with van der Waals surface area (Å²) < 4.78 is 33.2. The highest BCUT2D eigenvalue weighted by Gasteiger charge is 2.81. The molecule has 2 nitrogen and oxygen atoms in total. The normalized spacial score (nSPS) is 39.4. The molecule has 0 aromatic heterocycles. The second-order valence-corrected chi connectivity index (χ2v) is 5.06. The van der Waals surface area contributed by atoms with E-state index in [1.165, 1.54) is 0 Å². The molecule has 3 rings (SSSR count). The average molecular weight is 254 g/mol. The van der Waals surface area contributed by atoms with Gasteiger partial charge in [-0.15, -0.1) is 12.4 Å². The predicted molar refractivity (Wildman–Crippen MR) is 59.2 cm³/mol. The third-order valence-corrected chi connectivity index (χ3v) is 4.40. The minimum atomic E-state index is -2.47. The fourth-order valence-electron chi connectivity index (χ4n) is 3.51. The molecular weight excluding hydrogens is 236 g/mol. The van der Waals surface area contributed by atoms with E-state index in [-0.39, 0.29) is 18.5 Å². The summed E-state index contributed by atoms with van der Waals surface area (Å²) in [6, 6.07) is 0. The van der Waals surface area contributed by atoms with Crippen LogP contribution < -0.4 is 5.32 Å². The number of hydrogen-bond donors (Lipinski definition) is 1. The predicted octanol–water partition coefficient (Wildman–Crippen LogP) is 2.22. The van der Waals surface area contributed by atoms with Crippen LogP contribution in [0.5, 0.6) is 0 Å². The molecule has 5 heteroatoms. The SMILES string of the molecule is Cl.FC1(F)C(C2CCCO2)C12CCNCC2. The zero-order chi connectivity index (χ0) is 10.5. The smallest absolute Gasteiger partial charge is 0.260 e. The maximum atomic E-state index is 13.9. The van der Waals surface area contributed by atoms with Gasteiger partial charge in [0.25, 0.3) is 5.92 Å². The summed E-state index contributed by atoms with van der Waals surface area (Å²) in [5.41, 5.74) is -0.715. The Morgan fingerprint density at radius 1 is 1.19 bits per heavy atom. The van der Waals surface area contributed by atoms with Gasteiger partial charge in [-0.3, -0.25) is 0 Å². The standard InChI is InChI=1S/C11H17F2NO.ClH/c12-11(13)9(8-2-1-7-15-8)10(11)3-5-14-6-4-10;/h8-9,14H,1-7H2;1H. The van der Waals surface area contributed by atoms with Crippen LogP contribution in [0.2, 0.25) is 0 Å². The highest BCUT2D eigenvalue weighted by molar-refractivity contribution is 5.85. The molecule has 2 heterocycles. The Kier molecular flexibility index (Phi) is 3.19. The van der Waals surface area contributed by atoms with Crippen LogP contribution in [-0.4, -0.2) is 31.7 Å². The van der Waals surface area contributed by atoms with Crippen LogP contribution in [0.3, 0.4) is 0 Å². The van der Waals surface area contributed by atoms with Gasteiger partial charge in [0.1, 0.15) is 0 Å². The van der Waals surface area contributed by atoms with Crippen molar-refractivity contribution in [3.63, 3.8) is 0 Å². The van der Waals surface area contributed by atoms with Crippen molar-refractivity contribution in [3.8, 4) is 0 Å². The van der Waals surface area contributed by atoms with Gasteiger partial charge in [0.2, 0.25) is 0 Å². The molecule has 2 saturated heterocycles. The summed E-state index contributed by atoms with van der Waals surface area (Å²) in [5, 5.41) is 3.16. The van der Waals surface area contributed by atoms with Gasteiger partial charge in [-0.25, -0.2) is 8.78 Å². The van der Waals surface area contributed by atoms with Crippen molar-refractivity contribution >= 4 is 12.4 Å². The van der Waals surface area contributed by atoms with Gasteiger partial charge in [0.15, 0.2) is 0 Å². The van der Waals surface area contributed by atoms with Gasteiger partial charge < -0.3 is 10.1 Å². The number of halogens is 3. The summed E-state index contributed by atoms with van der Waals surface area (Å²) in [6.45, 7) is 2.14. The summed E-state index contributed by atoms with van der Waals surface area (Å²) >= 11 is 0. The number of rotatable bonds is 1. The summed E-state index contributed by atoms with van der Waals surface area (Å²) in [6.07, 6.45) is 2.84. The van der Waals surface area contributed by atoms with Gasteiger partial charge >= 0.3 is 0 Å². The Morgan fingerprint density at radius 3 is 2.44 bits per heavy atom. The number of hydrogen-bond acceptors (Lipinski definition) is 2. The van der Waals surface area contributed by atoms with E-state index >= 15 is 0 Å². The van der Waals surface area contributed by atoms with Crippen LogP contribution in [0.1, 0.15) is 25.7 Å². The van der Waals surface area contributed by atoms with Crippen molar-refractivity contribution in [2.75, 3.05) is 19.7 Å². The number of nitrogens with one attached hydrogen (secondary N) is 1. The highest BCUT2D eigenvalue weighted by atomic mass is 35.5. The summed E-state index contributed by atoms with van der Waals surface area (Å²) in [5.74, 6) is -2.96. The Morgan fingerprint density at radius 2 is 1.88 bits per heavy atom. The topological polar surface area (TPSA) is 21.3 Å². The third kappa shape index (κ3) is 1.50. The molecule has 94 valence electrons. The van der Waals surface area contributed by atoms with Crippen LogP contribution in [0, 0.1) is 11.3 Å². The van der Waals surface area contributed by atoms with Crippen molar-refractivity contribution in [2.45, 2.75) is 37.7 Å². The second kappa shape index (κ2) is 4.07. The van der Waals surface area contributed by atoms with Crippen molar-refractivity contribution in [1.29, 1.82) is 0 Å². The molecule has 2 aliphatic heterocycles. The minimum Gasteiger partial charge on any atom is -0.378 e. The monoisotopic (exact) mass is 253 g/mol. The molecule has 0 bridgehead atoms. The quantitative estimate of drug-likeness (QED) is 0.774. The van der Waals surface area contributed by atoms with Gasteiger partial charge in [-0.05, 0) is 38.8 Å². The Balaban J connectivity index is 0.000000963. The lowest BCUT2D eigenvalue weighted by molar-refractivity contribution is 0.0228. The maximum Gasteiger partial charge on any atom is 0.260 e. The van der Waals surface area contributed by atoms with E-state index < -0.39 is 17.3 Å². The Bertz CT molecular complexity index is 263. The second-order valence-electron chi connectivity index (χ2n) is 5.06. The van der Waals surface area contributed by atoms with Crippen molar-refractivity contribution in [3.05, 3.63) is 0 Å². The van der Waals surface area contributed by atoms with E-state index in [0.717, 1.165) is 25.9 Å². The molecule has 3 fully saturated rings. The van der Waals surface area contributed by atoms with Crippen molar-refractivity contribution in [2.24, 2.45) is 11.3 Å². The molecule has 2 atom stereocenters. The molecule has 3 aliphatic rings. The van der Waals surface area contributed by atoms with Crippen LogP contribution >= 0.6 is 12.4 Å². The van der Waals surface area contributed by atoms with Crippen LogP contribution in [0.4, 0.5) is 8.78 Å². The maximum absolute atomic E-state index is 13.9. The first kappa shape index (κ1) is 12.5. The first-order valence-corrected chi connectivity index (χ1v) is 5.89. The molecule has 16 heavy (non-hydrogen) atoms. The van der Waals surface area contributed by atoms with E-state index in [1.807, 2.05) is 0 Å². The summed E-state index contributed by atoms with van der Waals surface area (Å²) in [4.78, 5) is 0. The van der Waals surface area contributed by atoms with Gasteiger partial charge in [-0.1, -0.05) is 0 Å². The highest BCUT2D eigenvalue weighted by Crippen LogP contribution is 2.72. The molecule has 1 N–H and O–H groups in total. The Labute approximate surface area is 101 Å². The zero-order valence-corrected chi connectivity index (χ0v) is 9.99. The largest absolute Gasteiger partial charge is 0.378 e. The van der Waals surface area contributed by atoms with Gasteiger partial charge in [0, 0.05) is 12.0 Å². The lowest BCUT2D eigenvalue weighted by atomic mass is 9.89. The molecule has 1 spiro atoms. The van der Waals surface area contributed by atoms with Gasteiger partial charge in [-0.2, -0.15) is 0 Å². The van der Waals surface area contributed by atoms with E-state index in [4.69, 9.17) is 4.74 Å². The number of ether oxygens (including phenoxy) is 1. The minimum absolute atomic E-state index is 0. The van der Waals surface area contributed by atoms with Gasteiger partial charge in [0.05, 0.1) is 12.0 Å². The molecule has 1 saturated carbocycles. The fourth-order valence-corrected chi connectivity index (χ4v) is 3.51. The first-order chi connectivity index (χ1) is 7.18. The van der Waals surface area contributed by atoms with Crippen LogP contribution in [-0.2, 0) is 4.74 Å². The zero-order valence-electron chi connectivity index (χ0n) is 9.18. The molecule has 0 aromatic rings. The molecule has 2 unspecified atom stereocenters. The van der Waals surface area contributed by atoms with Crippen LogP contribution in [0.25, 0.3) is 0 Å². The molecular formula is C11H18ClF2NO. The lowest BCUT2D eigenvalue weighted by Gasteiger charge is -2.23. The molecule has 0 radical (unpaired) electrons. The van der Waals surface area contributed by atoms with E-state index in [9.17, 15) is 8.78 Å². The number of alkyl halides is 2. The summed E-state index contributed by atoms with van der Waals surface area (Å²) in [7, 11) is 0. The fraction of sp³-hybridized carbons (Fsp3) is 1.00. The Hall–Kier alpha value is 0.0700. The average Bonchev–Trinajstić information content (AvgIpc) is 2.63. The van der Waals surface area contributed by atoms with E-state index in [2.05, 4.69) is 5.32 Å². The first-order valence-electron chi connectivity index (χ1n) is 5.89.